The summed E-state index contributed by atoms with van der Waals surface area (Å²) in [5, 5.41) is 7.53. The maximum Gasteiger partial charge on any atom is 0.272 e. The molecule has 1 aliphatic rings. The van der Waals surface area contributed by atoms with Crippen LogP contribution in [0.4, 0.5) is 24.5 Å². The highest BCUT2D eigenvalue weighted by atomic mass is 19.1. The zero-order chi connectivity index (χ0) is 18.8. The molecular formula is C17H13F3N4O2. The molecule has 0 radical (unpaired) electrons. The van der Waals surface area contributed by atoms with Gasteiger partial charge in [0.1, 0.15) is 29.2 Å². The van der Waals surface area contributed by atoms with E-state index in [1.54, 1.807) is 0 Å². The highest BCUT2D eigenvalue weighted by Gasteiger charge is 2.35. The average molecular weight is 362 g/mol. The van der Waals surface area contributed by atoms with Gasteiger partial charge in [0.15, 0.2) is 0 Å². The van der Waals surface area contributed by atoms with Crippen molar-refractivity contribution >= 4 is 28.9 Å². The number of amides is 2. The van der Waals surface area contributed by atoms with E-state index >= 15 is 0 Å². The van der Waals surface area contributed by atoms with E-state index < -0.39 is 35.3 Å². The normalized spacial score (nSPS) is 16.3. The minimum atomic E-state index is -0.946. The lowest BCUT2D eigenvalue weighted by atomic mass is 10.1. The van der Waals surface area contributed by atoms with Crippen LogP contribution in [0.25, 0.3) is 0 Å². The van der Waals surface area contributed by atoms with Crippen molar-refractivity contribution < 1.29 is 22.8 Å². The molecule has 0 saturated heterocycles. The number of rotatable bonds is 4. The molecule has 0 aliphatic carbocycles. The highest BCUT2D eigenvalue weighted by Crippen LogP contribution is 2.25. The van der Waals surface area contributed by atoms with E-state index in [1.165, 1.54) is 29.3 Å². The third kappa shape index (κ3) is 3.51. The van der Waals surface area contributed by atoms with Crippen LogP contribution in [-0.2, 0) is 9.59 Å². The van der Waals surface area contributed by atoms with Gasteiger partial charge in [-0.1, -0.05) is 0 Å². The van der Waals surface area contributed by atoms with E-state index in [2.05, 4.69) is 10.4 Å². The zero-order valence-corrected chi connectivity index (χ0v) is 13.2. The van der Waals surface area contributed by atoms with Crippen molar-refractivity contribution in [1.82, 2.24) is 0 Å². The van der Waals surface area contributed by atoms with Crippen molar-refractivity contribution in [3.63, 3.8) is 0 Å². The maximum absolute atomic E-state index is 13.7. The van der Waals surface area contributed by atoms with Gasteiger partial charge in [-0.25, -0.2) is 13.2 Å². The molecular weight excluding hydrogens is 349 g/mol. The number of halogens is 3. The van der Waals surface area contributed by atoms with Gasteiger partial charge in [-0.2, -0.15) is 5.10 Å². The molecule has 2 aromatic carbocycles. The molecule has 3 N–H and O–H groups in total. The van der Waals surface area contributed by atoms with Crippen molar-refractivity contribution in [2.24, 2.45) is 10.8 Å². The molecule has 134 valence electrons. The highest BCUT2D eigenvalue weighted by molar-refractivity contribution is 6.44. The van der Waals surface area contributed by atoms with E-state index in [-0.39, 0.29) is 17.8 Å². The number of nitrogens with zero attached hydrogens (tertiary/aromatic N) is 2. The Balaban J connectivity index is 1.84. The van der Waals surface area contributed by atoms with Gasteiger partial charge in [-0.3, -0.25) is 14.6 Å². The van der Waals surface area contributed by atoms with Crippen LogP contribution in [0.5, 0.6) is 0 Å². The van der Waals surface area contributed by atoms with Crippen molar-refractivity contribution in [1.29, 1.82) is 0 Å². The Morgan fingerprint density at radius 2 is 1.73 bits per heavy atom. The molecule has 0 aromatic heterocycles. The molecule has 0 spiro atoms. The van der Waals surface area contributed by atoms with Crippen LogP contribution in [-0.4, -0.2) is 23.6 Å². The van der Waals surface area contributed by atoms with Crippen LogP contribution in [0.15, 0.2) is 47.6 Å². The summed E-state index contributed by atoms with van der Waals surface area (Å²) in [5.74, 6) is -3.69. The summed E-state index contributed by atoms with van der Waals surface area (Å²) in [6.45, 7) is 0. The second-order valence-corrected chi connectivity index (χ2v) is 5.57. The smallest absolute Gasteiger partial charge is 0.272 e. The number of nitrogens with one attached hydrogen (secondary N) is 1. The monoisotopic (exact) mass is 362 g/mol. The molecule has 1 aliphatic heterocycles. The summed E-state index contributed by atoms with van der Waals surface area (Å²) < 4.78 is 39.7. The van der Waals surface area contributed by atoms with E-state index in [0.29, 0.717) is 11.8 Å². The number of anilines is 2. The van der Waals surface area contributed by atoms with E-state index in [1.807, 2.05) is 0 Å². The minimum absolute atomic E-state index is 0.0677. The molecule has 0 saturated carbocycles. The van der Waals surface area contributed by atoms with Crippen LogP contribution in [0, 0.1) is 17.5 Å². The van der Waals surface area contributed by atoms with Gasteiger partial charge in [0.25, 0.3) is 5.91 Å². The topological polar surface area (TPSA) is 87.8 Å². The standard InChI is InChI=1S/C17H13F3N4O2/c18-9-1-4-11(5-2-9)24-15(16(21)25)8-14(23-24)17(26)22-13-6-3-10(19)7-12(13)20/h1-7,15H,8H2,(H2,21,25)(H,22,26). The van der Waals surface area contributed by atoms with E-state index in [9.17, 15) is 22.8 Å². The second-order valence-electron chi connectivity index (χ2n) is 5.57. The first-order valence-electron chi connectivity index (χ1n) is 7.53. The van der Waals surface area contributed by atoms with Crippen LogP contribution in [0.2, 0.25) is 0 Å². The Hall–Kier alpha value is -3.36. The molecule has 1 atom stereocenters. The van der Waals surface area contributed by atoms with Gasteiger partial charge in [-0.05, 0) is 36.4 Å². The number of carbonyl (C=O) groups excluding carboxylic acids is 2. The molecule has 2 aromatic rings. The zero-order valence-electron chi connectivity index (χ0n) is 13.2. The van der Waals surface area contributed by atoms with Crippen LogP contribution >= 0.6 is 0 Å². The number of hydrogen-bond donors (Lipinski definition) is 2. The first kappa shape index (κ1) is 17.5. The largest absolute Gasteiger partial charge is 0.368 e. The summed E-state index contributed by atoms with van der Waals surface area (Å²) >= 11 is 0. The Bertz CT molecular complexity index is 899. The lowest BCUT2D eigenvalue weighted by Crippen LogP contribution is -2.39. The Morgan fingerprint density at radius 1 is 1.08 bits per heavy atom. The van der Waals surface area contributed by atoms with Gasteiger partial charge >= 0.3 is 0 Å². The minimum Gasteiger partial charge on any atom is -0.368 e. The van der Waals surface area contributed by atoms with E-state index in [4.69, 9.17) is 5.73 Å². The fourth-order valence-corrected chi connectivity index (χ4v) is 2.49. The fraction of sp³-hybridized carbons (Fsp3) is 0.118. The summed E-state index contributed by atoms with van der Waals surface area (Å²) in [4.78, 5) is 24.0. The van der Waals surface area contributed by atoms with Gasteiger partial charge in [-0.15, -0.1) is 0 Å². The van der Waals surface area contributed by atoms with Crippen molar-refractivity contribution in [2.45, 2.75) is 12.5 Å². The van der Waals surface area contributed by atoms with Crippen LogP contribution < -0.4 is 16.1 Å². The number of benzene rings is 2. The Labute approximate surface area is 146 Å². The van der Waals surface area contributed by atoms with Gasteiger partial charge in [0.2, 0.25) is 5.91 Å². The van der Waals surface area contributed by atoms with Gasteiger partial charge in [0.05, 0.1) is 11.4 Å². The third-order valence-electron chi connectivity index (χ3n) is 3.77. The Morgan fingerprint density at radius 3 is 2.35 bits per heavy atom. The predicted octanol–water partition coefficient (Wildman–Crippen LogP) is 2.16. The molecule has 0 fully saturated rings. The van der Waals surface area contributed by atoms with Crippen molar-refractivity contribution in [3.05, 3.63) is 59.9 Å². The number of primary amides is 1. The number of carbonyl (C=O) groups is 2. The first-order chi connectivity index (χ1) is 12.3. The number of hydrazone groups is 1. The number of nitrogens with two attached hydrogens (primary N) is 1. The van der Waals surface area contributed by atoms with Gasteiger partial charge < -0.3 is 11.1 Å². The molecule has 3 rings (SSSR count). The number of hydrogen-bond acceptors (Lipinski definition) is 4. The fourth-order valence-electron chi connectivity index (χ4n) is 2.49. The summed E-state index contributed by atoms with van der Waals surface area (Å²) in [7, 11) is 0. The lowest BCUT2D eigenvalue weighted by Gasteiger charge is -2.20. The third-order valence-corrected chi connectivity index (χ3v) is 3.77. The van der Waals surface area contributed by atoms with Crippen molar-refractivity contribution in [2.75, 3.05) is 10.3 Å². The van der Waals surface area contributed by atoms with Gasteiger partial charge in [0, 0.05) is 12.5 Å². The molecule has 2 amide bonds. The van der Waals surface area contributed by atoms with Crippen LogP contribution in [0.3, 0.4) is 0 Å². The first-order valence-corrected chi connectivity index (χ1v) is 7.53. The molecule has 1 unspecified atom stereocenters. The summed E-state index contributed by atoms with van der Waals surface area (Å²) in [6.07, 6.45) is -0.110. The molecule has 9 heteroatoms. The maximum atomic E-state index is 13.7. The van der Waals surface area contributed by atoms with E-state index in [0.717, 1.165) is 12.1 Å². The Kier molecular flexibility index (Phi) is 4.61. The SMILES string of the molecule is NC(=O)C1CC(C(=O)Nc2ccc(F)cc2F)=NN1c1ccc(F)cc1. The van der Waals surface area contributed by atoms with Crippen molar-refractivity contribution in [3.8, 4) is 0 Å². The quantitative estimate of drug-likeness (QED) is 0.874. The molecule has 6 nitrogen and oxygen atoms in total. The molecule has 26 heavy (non-hydrogen) atoms. The predicted molar refractivity (Wildman–Crippen MR) is 88.9 cm³/mol. The lowest BCUT2D eigenvalue weighted by molar-refractivity contribution is -0.119. The second kappa shape index (κ2) is 6.87. The summed E-state index contributed by atoms with van der Waals surface area (Å²) in [6, 6.07) is 6.87. The summed E-state index contributed by atoms with van der Waals surface area (Å²) in [5.41, 5.74) is 5.42. The average Bonchev–Trinajstić information content (AvgIpc) is 3.04. The molecule has 1 heterocycles. The molecule has 0 bridgehead atoms. The van der Waals surface area contributed by atoms with Crippen LogP contribution in [0.1, 0.15) is 6.42 Å².